The molecule has 0 atom stereocenters. The molecule has 246 valence electrons. The van der Waals surface area contributed by atoms with Crippen molar-refractivity contribution < 1.29 is 4.42 Å². The Morgan fingerprint density at radius 3 is 1.94 bits per heavy atom. The molecule has 0 fully saturated rings. The SMILES string of the molecule is c1ccc(-c2nc(-n3c4ccccc4c4ccc5c6c7oc8ccccc8c7ccc6n(-c6ccccc6)c5c43)nc3c2ccc2ccccc23)cc1. The zero-order valence-corrected chi connectivity index (χ0v) is 28.4. The highest BCUT2D eigenvalue weighted by Gasteiger charge is 2.25. The highest BCUT2D eigenvalue weighted by Crippen LogP contribution is 2.45. The Morgan fingerprint density at radius 1 is 0.415 bits per heavy atom. The van der Waals surface area contributed by atoms with E-state index in [0.717, 1.165) is 104 Å². The van der Waals surface area contributed by atoms with Crippen molar-refractivity contribution >= 4 is 87.2 Å². The molecule has 8 aromatic carbocycles. The average Bonchev–Trinajstić information content (AvgIpc) is 3.89. The fourth-order valence-corrected chi connectivity index (χ4v) is 8.63. The Hall–Kier alpha value is -7.24. The minimum atomic E-state index is 0.630. The molecule has 0 N–H and O–H groups in total. The van der Waals surface area contributed by atoms with Gasteiger partial charge in [-0.15, -0.1) is 0 Å². The van der Waals surface area contributed by atoms with Gasteiger partial charge in [-0.2, -0.15) is 0 Å². The molecule has 0 saturated carbocycles. The first-order chi connectivity index (χ1) is 26.3. The summed E-state index contributed by atoms with van der Waals surface area (Å²) in [7, 11) is 0. The number of aromatic nitrogens is 4. The van der Waals surface area contributed by atoms with Crippen LogP contribution in [0.2, 0.25) is 0 Å². The summed E-state index contributed by atoms with van der Waals surface area (Å²) in [6.45, 7) is 0. The normalized spacial score (nSPS) is 12.2. The van der Waals surface area contributed by atoms with Gasteiger partial charge >= 0.3 is 0 Å². The molecule has 0 spiro atoms. The van der Waals surface area contributed by atoms with Gasteiger partial charge in [-0.3, -0.25) is 4.57 Å². The summed E-state index contributed by atoms with van der Waals surface area (Å²) in [6.07, 6.45) is 0. The van der Waals surface area contributed by atoms with E-state index in [0.29, 0.717) is 5.95 Å². The second-order valence-electron chi connectivity index (χ2n) is 13.7. The van der Waals surface area contributed by atoms with Crippen LogP contribution in [0.15, 0.2) is 174 Å². The molecule has 0 radical (unpaired) electrons. The van der Waals surface area contributed by atoms with Crippen molar-refractivity contribution in [1.29, 1.82) is 0 Å². The zero-order valence-electron chi connectivity index (χ0n) is 28.4. The van der Waals surface area contributed by atoms with Crippen molar-refractivity contribution in [3.8, 4) is 22.9 Å². The quantitative estimate of drug-likeness (QED) is 0.175. The van der Waals surface area contributed by atoms with Gasteiger partial charge in [0.25, 0.3) is 0 Å². The molecule has 5 heteroatoms. The van der Waals surface area contributed by atoms with Gasteiger partial charge < -0.3 is 8.98 Å². The second-order valence-corrected chi connectivity index (χ2v) is 13.7. The topological polar surface area (TPSA) is 48.8 Å². The van der Waals surface area contributed by atoms with Crippen molar-refractivity contribution in [2.45, 2.75) is 0 Å². The van der Waals surface area contributed by atoms with Gasteiger partial charge in [0.1, 0.15) is 11.2 Å². The number of rotatable bonds is 3. The zero-order chi connectivity index (χ0) is 34.6. The Bertz CT molecular complexity index is 3450. The maximum Gasteiger partial charge on any atom is 0.235 e. The number of para-hydroxylation sites is 3. The van der Waals surface area contributed by atoms with Crippen LogP contribution >= 0.6 is 0 Å². The van der Waals surface area contributed by atoms with E-state index in [1.54, 1.807) is 0 Å². The highest BCUT2D eigenvalue weighted by atomic mass is 16.3. The minimum absolute atomic E-state index is 0.630. The Morgan fingerprint density at radius 2 is 1.08 bits per heavy atom. The number of furan rings is 1. The fraction of sp³-hybridized carbons (Fsp3) is 0. The molecule has 0 unspecified atom stereocenters. The average molecular weight is 677 g/mol. The summed E-state index contributed by atoms with van der Waals surface area (Å²) in [6, 6.07) is 59.9. The van der Waals surface area contributed by atoms with Crippen LogP contribution < -0.4 is 0 Å². The van der Waals surface area contributed by atoms with Crippen LogP contribution in [-0.2, 0) is 0 Å². The van der Waals surface area contributed by atoms with Gasteiger partial charge in [0.15, 0.2) is 0 Å². The lowest BCUT2D eigenvalue weighted by molar-refractivity contribution is 0.673. The standard InChI is InChI=1S/C48H28N4O/c1-3-14-30(15-4-1)43-38-24-23-29-13-7-8-18-32(29)44(38)50-48(49-43)52-39-21-11-9-19-33(39)35-25-26-37-42-40(51(46(37)45(35)52)31-16-5-2-6-17-31)28-27-36-34-20-10-12-22-41(34)53-47(36)42/h1-28H. The lowest BCUT2D eigenvalue weighted by Crippen LogP contribution is -2.05. The summed E-state index contributed by atoms with van der Waals surface area (Å²) in [4.78, 5) is 11.0. The third-order valence-electron chi connectivity index (χ3n) is 10.9. The summed E-state index contributed by atoms with van der Waals surface area (Å²) in [5, 5.41) is 9.97. The first-order valence-corrected chi connectivity index (χ1v) is 17.9. The smallest absolute Gasteiger partial charge is 0.235 e. The van der Waals surface area contributed by atoms with Crippen LogP contribution in [0.1, 0.15) is 0 Å². The Kier molecular flexibility index (Phi) is 5.71. The van der Waals surface area contributed by atoms with Gasteiger partial charge in [0, 0.05) is 49.0 Å². The first kappa shape index (κ1) is 28.5. The van der Waals surface area contributed by atoms with Crippen LogP contribution in [0.5, 0.6) is 0 Å². The summed E-state index contributed by atoms with van der Waals surface area (Å²) in [5.74, 6) is 0.630. The van der Waals surface area contributed by atoms with Gasteiger partial charge in [-0.25, -0.2) is 9.97 Å². The molecule has 0 amide bonds. The molecule has 12 rings (SSSR count). The van der Waals surface area contributed by atoms with Crippen molar-refractivity contribution in [2.24, 2.45) is 0 Å². The third-order valence-corrected chi connectivity index (χ3v) is 10.9. The monoisotopic (exact) mass is 676 g/mol. The second kappa shape index (κ2) is 10.6. The molecular weight excluding hydrogens is 649 g/mol. The largest absolute Gasteiger partial charge is 0.455 e. The summed E-state index contributed by atoms with van der Waals surface area (Å²) in [5.41, 5.74) is 9.99. The number of nitrogens with zero attached hydrogens (tertiary/aromatic N) is 4. The molecule has 0 bridgehead atoms. The summed E-state index contributed by atoms with van der Waals surface area (Å²) < 4.78 is 11.4. The molecular formula is C48H28N4O. The van der Waals surface area contributed by atoms with Crippen LogP contribution in [0.4, 0.5) is 0 Å². The van der Waals surface area contributed by atoms with Crippen molar-refractivity contribution in [2.75, 3.05) is 0 Å². The predicted octanol–water partition coefficient (Wildman–Crippen LogP) is 12.5. The Balaban J connectivity index is 1.31. The number of hydrogen-bond donors (Lipinski definition) is 0. The van der Waals surface area contributed by atoms with E-state index in [2.05, 4.69) is 167 Å². The molecule has 0 aliphatic heterocycles. The highest BCUT2D eigenvalue weighted by molar-refractivity contribution is 6.29. The van der Waals surface area contributed by atoms with E-state index in [9.17, 15) is 0 Å². The van der Waals surface area contributed by atoms with E-state index >= 15 is 0 Å². The van der Waals surface area contributed by atoms with E-state index in [1.807, 2.05) is 12.1 Å². The van der Waals surface area contributed by atoms with E-state index in [-0.39, 0.29) is 0 Å². The van der Waals surface area contributed by atoms with Gasteiger partial charge in [0.2, 0.25) is 5.95 Å². The maximum atomic E-state index is 6.72. The molecule has 12 aromatic rings. The molecule has 0 saturated heterocycles. The lowest BCUT2D eigenvalue weighted by atomic mass is 10.0. The predicted molar refractivity (Wildman–Crippen MR) is 218 cm³/mol. The van der Waals surface area contributed by atoms with Crippen LogP contribution in [-0.4, -0.2) is 19.1 Å². The van der Waals surface area contributed by atoms with E-state index < -0.39 is 0 Å². The number of benzene rings is 8. The number of fused-ring (bicyclic) bond motifs is 14. The minimum Gasteiger partial charge on any atom is -0.455 e. The first-order valence-electron chi connectivity index (χ1n) is 17.9. The van der Waals surface area contributed by atoms with Gasteiger partial charge in [-0.1, -0.05) is 127 Å². The maximum absolute atomic E-state index is 6.72. The molecule has 53 heavy (non-hydrogen) atoms. The fourth-order valence-electron chi connectivity index (χ4n) is 8.63. The van der Waals surface area contributed by atoms with Crippen LogP contribution in [0, 0.1) is 0 Å². The number of hydrogen-bond acceptors (Lipinski definition) is 3. The Labute approximate surface area is 302 Å². The van der Waals surface area contributed by atoms with Crippen LogP contribution in [0.3, 0.4) is 0 Å². The molecule has 4 heterocycles. The molecule has 5 nitrogen and oxygen atoms in total. The van der Waals surface area contributed by atoms with Crippen molar-refractivity contribution in [1.82, 2.24) is 19.1 Å². The molecule has 0 aliphatic carbocycles. The lowest BCUT2D eigenvalue weighted by Gasteiger charge is -2.14. The molecule has 4 aromatic heterocycles. The van der Waals surface area contributed by atoms with Gasteiger partial charge in [0.05, 0.1) is 38.7 Å². The van der Waals surface area contributed by atoms with E-state index in [4.69, 9.17) is 14.4 Å². The summed E-state index contributed by atoms with van der Waals surface area (Å²) >= 11 is 0. The molecule has 0 aliphatic rings. The van der Waals surface area contributed by atoms with Crippen LogP contribution in [0.25, 0.3) is 110 Å². The van der Waals surface area contributed by atoms with Crippen molar-refractivity contribution in [3.63, 3.8) is 0 Å². The van der Waals surface area contributed by atoms with Gasteiger partial charge in [-0.05, 0) is 47.9 Å². The van der Waals surface area contributed by atoms with E-state index in [1.165, 1.54) is 0 Å². The van der Waals surface area contributed by atoms with Crippen molar-refractivity contribution in [3.05, 3.63) is 170 Å². The third kappa shape index (κ3) is 3.91.